The van der Waals surface area contributed by atoms with Gasteiger partial charge in [-0.15, -0.1) is 0 Å². The molecule has 1 N–H and O–H groups in total. The van der Waals surface area contributed by atoms with Gasteiger partial charge >= 0.3 is 5.97 Å². The molecule has 3 rings (SSSR count). The molecule has 1 amide bonds. The number of carboxylic acids is 1. The zero-order valence-corrected chi connectivity index (χ0v) is 12.4. The lowest BCUT2D eigenvalue weighted by Crippen LogP contribution is -2.35. The average Bonchev–Trinajstić information content (AvgIpc) is 3.01. The van der Waals surface area contributed by atoms with Crippen LogP contribution in [0, 0.1) is 11.8 Å². The molecule has 2 heterocycles. The van der Waals surface area contributed by atoms with E-state index in [0.717, 1.165) is 12.2 Å². The first-order valence-corrected chi connectivity index (χ1v) is 7.57. The first kappa shape index (κ1) is 14.2. The van der Waals surface area contributed by atoms with Crippen LogP contribution in [0.4, 0.5) is 0 Å². The number of hydrogen-bond acceptors (Lipinski definition) is 3. The Morgan fingerprint density at radius 1 is 1.38 bits per heavy atom. The molecule has 2 aliphatic rings. The molecule has 2 fully saturated rings. The maximum Gasteiger partial charge on any atom is 0.309 e. The number of amides is 1. The smallest absolute Gasteiger partial charge is 0.309 e. The van der Waals surface area contributed by atoms with Crippen molar-refractivity contribution in [1.29, 1.82) is 0 Å². The Hall–Kier alpha value is -1.78. The molecule has 1 saturated carbocycles. The molecule has 1 aliphatic heterocycles. The third-order valence-electron chi connectivity index (χ3n) is 4.83. The summed E-state index contributed by atoms with van der Waals surface area (Å²) in [6.45, 7) is 2.17. The van der Waals surface area contributed by atoms with E-state index in [1.807, 2.05) is 12.1 Å². The van der Waals surface area contributed by atoms with Gasteiger partial charge in [0, 0.05) is 19.4 Å². The van der Waals surface area contributed by atoms with Gasteiger partial charge in [-0.3, -0.25) is 9.59 Å². The van der Waals surface area contributed by atoms with Crippen LogP contribution in [0.1, 0.15) is 56.1 Å². The van der Waals surface area contributed by atoms with Crippen molar-refractivity contribution in [3.05, 3.63) is 23.7 Å². The van der Waals surface area contributed by atoms with Gasteiger partial charge < -0.3 is 14.4 Å². The molecule has 0 spiro atoms. The first-order chi connectivity index (χ1) is 9.99. The molecule has 114 valence electrons. The Morgan fingerprint density at radius 2 is 2.05 bits per heavy atom. The number of rotatable bonds is 3. The Kier molecular flexibility index (Phi) is 3.51. The van der Waals surface area contributed by atoms with Crippen molar-refractivity contribution in [3.8, 4) is 0 Å². The van der Waals surface area contributed by atoms with Crippen LogP contribution in [-0.2, 0) is 9.59 Å². The van der Waals surface area contributed by atoms with E-state index < -0.39 is 17.9 Å². The molecule has 5 heteroatoms. The monoisotopic (exact) mass is 291 g/mol. The largest absolute Gasteiger partial charge is 0.481 e. The van der Waals surface area contributed by atoms with Gasteiger partial charge in [0.2, 0.25) is 5.91 Å². The van der Waals surface area contributed by atoms with Crippen molar-refractivity contribution in [2.75, 3.05) is 7.05 Å². The maximum atomic E-state index is 12.1. The van der Waals surface area contributed by atoms with E-state index >= 15 is 0 Å². The minimum Gasteiger partial charge on any atom is -0.481 e. The van der Waals surface area contributed by atoms with E-state index in [1.54, 1.807) is 11.9 Å². The van der Waals surface area contributed by atoms with E-state index in [-0.39, 0.29) is 5.91 Å². The number of hydrogen-bond donors (Lipinski definition) is 1. The van der Waals surface area contributed by atoms with Gasteiger partial charge in [-0.05, 0) is 37.3 Å². The Bertz CT molecular complexity index is 564. The zero-order valence-electron chi connectivity index (χ0n) is 12.4. The van der Waals surface area contributed by atoms with Gasteiger partial charge in [0.25, 0.3) is 0 Å². The molecule has 4 unspecified atom stereocenters. The summed E-state index contributed by atoms with van der Waals surface area (Å²) >= 11 is 0. The molecule has 1 saturated heterocycles. The fraction of sp³-hybridized carbons (Fsp3) is 0.625. The van der Waals surface area contributed by atoms with E-state index in [1.165, 1.54) is 0 Å². The van der Waals surface area contributed by atoms with Crippen LogP contribution in [0.5, 0.6) is 0 Å². The predicted octanol–water partition coefficient (Wildman–Crippen LogP) is 2.79. The van der Waals surface area contributed by atoms with Crippen LogP contribution < -0.4 is 0 Å². The van der Waals surface area contributed by atoms with Crippen molar-refractivity contribution in [2.45, 2.75) is 44.6 Å². The van der Waals surface area contributed by atoms with Crippen molar-refractivity contribution < 1.29 is 19.1 Å². The van der Waals surface area contributed by atoms with E-state index in [2.05, 4.69) is 6.92 Å². The fourth-order valence-electron chi connectivity index (χ4n) is 3.33. The minimum absolute atomic E-state index is 0.0125. The van der Waals surface area contributed by atoms with Crippen molar-refractivity contribution in [1.82, 2.24) is 4.90 Å². The van der Waals surface area contributed by atoms with Gasteiger partial charge in [-0.2, -0.15) is 0 Å². The third-order valence-corrected chi connectivity index (χ3v) is 4.83. The Labute approximate surface area is 123 Å². The highest BCUT2D eigenvalue weighted by Crippen LogP contribution is 2.48. The fourth-order valence-corrected chi connectivity index (χ4v) is 3.33. The highest BCUT2D eigenvalue weighted by molar-refractivity contribution is 5.79. The number of aliphatic carboxylic acids is 1. The lowest BCUT2D eigenvalue weighted by molar-refractivity contribution is -0.145. The average molecular weight is 291 g/mol. The third kappa shape index (κ3) is 2.57. The summed E-state index contributed by atoms with van der Waals surface area (Å²) in [6.07, 6.45) is 2.65. The highest BCUT2D eigenvalue weighted by atomic mass is 16.4. The quantitative estimate of drug-likeness (QED) is 0.929. The van der Waals surface area contributed by atoms with Crippen LogP contribution in [0.25, 0.3) is 0 Å². The molecule has 0 aromatic carbocycles. The molecule has 1 aromatic heterocycles. The lowest BCUT2D eigenvalue weighted by Gasteiger charge is -2.28. The number of carbonyl (C=O) groups is 2. The first-order valence-electron chi connectivity index (χ1n) is 7.57. The van der Waals surface area contributed by atoms with Gasteiger partial charge in [0.15, 0.2) is 0 Å². The summed E-state index contributed by atoms with van der Waals surface area (Å²) in [6, 6.07) is 3.28. The summed E-state index contributed by atoms with van der Waals surface area (Å²) in [5.41, 5.74) is 0. The Morgan fingerprint density at radius 3 is 2.67 bits per heavy atom. The zero-order chi connectivity index (χ0) is 15.1. The second-order valence-corrected chi connectivity index (χ2v) is 6.35. The summed E-state index contributed by atoms with van der Waals surface area (Å²) in [7, 11) is 1.68. The molecule has 5 nitrogen and oxygen atoms in total. The van der Waals surface area contributed by atoms with Gasteiger partial charge in [0.05, 0.1) is 5.92 Å². The molecule has 0 bridgehead atoms. The number of nitrogens with zero attached hydrogens (tertiary/aromatic N) is 1. The number of carbonyl (C=O) groups excluding carboxylic acids is 1. The van der Waals surface area contributed by atoms with Gasteiger partial charge in [-0.1, -0.05) is 6.92 Å². The summed E-state index contributed by atoms with van der Waals surface area (Å²) in [5, 5.41) is 9.49. The summed E-state index contributed by atoms with van der Waals surface area (Å²) < 4.78 is 5.91. The maximum absolute atomic E-state index is 12.1. The molecule has 4 atom stereocenters. The molecular weight excluding hydrogens is 270 g/mol. The second kappa shape index (κ2) is 5.20. The van der Waals surface area contributed by atoms with Crippen LogP contribution >= 0.6 is 0 Å². The summed E-state index contributed by atoms with van der Waals surface area (Å²) in [4.78, 5) is 25.2. The van der Waals surface area contributed by atoms with Crippen molar-refractivity contribution in [2.24, 2.45) is 11.8 Å². The molecule has 1 aliphatic carbocycles. The van der Waals surface area contributed by atoms with Crippen molar-refractivity contribution >= 4 is 11.9 Å². The van der Waals surface area contributed by atoms with Crippen LogP contribution in [0.3, 0.4) is 0 Å². The number of likely N-dealkylation sites (tertiary alicyclic amines) is 1. The highest BCUT2D eigenvalue weighted by Gasteiger charge is 2.41. The molecule has 0 radical (unpaired) electrons. The van der Waals surface area contributed by atoms with Crippen LogP contribution in [0.15, 0.2) is 16.5 Å². The van der Waals surface area contributed by atoms with E-state index in [9.17, 15) is 14.7 Å². The number of carboxylic acid groups (broad SMARTS) is 1. The van der Waals surface area contributed by atoms with Gasteiger partial charge in [-0.25, -0.2) is 0 Å². The van der Waals surface area contributed by atoms with E-state index in [0.29, 0.717) is 36.9 Å². The van der Waals surface area contributed by atoms with Crippen molar-refractivity contribution in [3.63, 3.8) is 0 Å². The van der Waals surface area contributed by atoms with Crippen LogP contribution in [0.2, 0.25) is 0 Å². The van der Waals surface area contributed by atoms with E-state index in [4.69, 9.17) is 4.42 Å². The second-order valence-electron chi connectivity index (χ2n) is 6.35. The molecule has 21 heavy (non-hydrogen) atoms. The number of furan rings is 1. The SMILES string of the molecule is CC1CC1c1ccc(C2C(C(=O)O)CCCC(=O)N2C)o1. The molecule has 1 aromatic rings. The van der Waals surface area contributed by atoms with Gasteiger partial charge in [0.1, 0.15) is 17.6 Å². The Balaban J connectivity index is 1.92. The topological polar surface area (TPSA) is 70.8 Å². The lowest BCUT2D eigenvalue weighted by atomic mass is 9.93. The van der Waals surface area contributed by atoms with Crippen LogP contribution in [-0.4, -0.2) is 28.9 Å². The molecular formula is C16H21NO4. The summed E-state index contributed by atoms with van der Waals surface area (Å²) in [5.74, 6) is 1.14. The predicted molar refractivity (Wildman–Crippen MR) is 75.7 cm³/mol. The normalized spacial score (nSPS) is 32.9. The minimum atomic E-state index is -0.862. The standard InChI is InChI=1S/C16H21NO4/c1-9-8-11(9)12-6-7-13(21-12)15-10(16(19)20)4-3-5-14(18)17(15)2/h6-7,9-11,15H,3-5,8H2,1-2H3,(H,19,20).